The van der Waals surface area contributed by atoms with E-state index in [0.29, 0.717) is 5.56 Å². The molecule has 0 aromatic heterocycles. The lowest BCUT2D eigenvalue weighted by molar-refractivity contribution is 0.524. The van der Waals surface area contributed by atoms with E-state index in [2.05, 4.69) is 11.9 Å². The number of hydrogen-bond acceptors (Lipinski definition) is 1. The number of rotatable bonds is 2. The van der Waals surface area contributed by atoms with Gasteiger partial charge in [-0.3, -0.25) is 0 Å². The molecule has 1 aliphatic heterocycles. The molecule has 1 saturated heterocycles. The van der Waals surface area contributed by atoms with Gasteiger partial charge >= 0.3 is 0 Å². The molecule has 15 heavy (non-hydrogen) atoms. The molecule has 1 aliphatic rings. The normalized spacial score (nSPS) is 25.5. The molecular weight excluding hydrogens is 189 g/mol. The zero-order valence-corrected chi connectivity index (χ0v) is 9.02. The Morgan fingerprint density at radius 3 is 2.93 bits per heavy atom. The molecule has 0 bridgehead atoms. The topological polar surface area (TPSA) is 12.0 Å². The molecule has 1 aromatic rings. The number of nitrogens with one attached hydrogen (secondary N) is 1. The molecule has 0 unspecified atom stereocenters. The summed E-state index contributed by atoms with van der Waals surface area (Å²) < 4.78 is 14.0. The summed E-state index contributed by atoms with van der Waals surface area (Å²) in [5.74, 6) is -0.0823. The van der Waals surface area contributed by atoms with Gasteiger partial charge < -0.3 is 5.32 Å². The molecule has 1 fully saturated rings. The van der Waals surface area contributed by atoms with Gasteiger partial charge in [0.15, 0.2) is 0 Å². The Morgan fingerprint density at radius 2 is 2.33 bits per heavy atom. The first kappa shape index (κ1) is 10.4. The first-order valence-electron chi connectivity index (χ1n) is 5.29. The van der Waals surface area contributed by atoms with Gasteiger partial charge in [-0.15, -0.1) is 6.58 Å². The number of benzene rings is 1. The van der Waals surface area contributed by atoms with E-state index in [-0.39, 0.29) is 11.2 Å². The molecule has 0 radical (unpaired) electrons. The van der Waals surface area contributed by atoms with E-state index in [1.54, 1.807) is 13.0 Å². The van der Waals surface area contributed by atoms with E-state index >= 15 is 0 Å². The fraction of sp³-hybridized carbons (Fsp3) is 0.385. The number of aryl methyl sites for hydroxylation is 1. The molecule has 0 saturated carbocycles. The van der Waals surface area contributed by atoms with Gasteiger partial charge in [0.05, 0.1) is 0 Å². The monoisotopic (exact) mass is 205 g/mol. The van der Waals surface area contributed by atoms with Crippen LogP contribution < -0.4 is 5.32 Å². The minimum atomic E-state index is -0.212. The Bertz CT molecular complexity index is 378. The Balaban J connectivity index is 2.51. The molecule has 1 atom stereocenters. The number of halogens is 1. The van der Waals surface area contributed by atoms with Crippen molar-refractivity contribution in [2.75, 3.05) is 13.1 Å². The summed E-state index contributed by atoms with van der Waals surface area (Å²) >= 11 is 0. The van der Waals surface area contributed by atoms with Crippen molar-refractivity contribution in [3.63, 3.8) is 0 Å². The van der Waals surface area contributed by atoms with Gasteiger partial charge in [0.2, 0.25) is 0 Å². The maximum Gasteiger partial charge on any atom is 0.130 e. The zero-order valence-electron chi connectivity index (χ0n) is 9.02. The van der Waals surface area contributed by atoms with E-state index in [0.717, 1.165) is 25.1 Å². The van der Waals surface area contributed by atoms with Gasteiger partial charge in [0.1, 0.15) is 5.82 Å². The first-order valence-corrected chi connectivity index (χ1v) is 5.29. The van der Waals surface area contributed by atoms with Crippen molar-refractivity contribution in [1.29, 1.82) is 0 Å². The lowest BCUT2D eigenvalue weighted by atomic mass is 9.79. The highest BCUT2D eigenvalue weighted by molar-refractivity contribution is 5.37. The van der Waals surface area contributed by atoms with E-state index in [1.165, 1.54) is 0 Å². The van der Waals surface area contributed by atoms with Crippen LogP contribution >= 0.6 is 0 Å². The van der Waals surface area contributed by atoms with Gasteiger partial charge in [-0.2, -0.15) is 0 Å². The van der Waals surface area contributed by atoms with Gasteiger partial charge in [0.25, 0.3) is 0 Å². The van der Waals surface area contributed by atoms with Crippen molar-refractivity contribution in [1.82, 2.24) is 5.32 Å². The van der Waals surface area contributed by atoms with Crippen LogP contribution in [0.5, 0.6) is 0 Å². The van der Waals surface area contributed by atoms with Crippen LogP contribution in [0.4, 0.5) is 4.39 Å². The molecule has 1 nitrogen and oxygen atoms in total. The molecule has 0 amide bonds. The van der Waals surface area contributed by atoms with Crippen LogP contribution in [0.3, 0.4) is 0 Å². The summed E-state index contributed by atoms with van der Waals surface area (Å²) in [6, 6.07) is 5.59. The fourth-order valence-corrected chi connectivity index (χ4v) is 2.26. The highest BCUT2D eigenvalue weighted by Gasteiger charge is 2.34. The van der Waals surface area contributed by atoms with Crippen molar-refractivity contribution < 1.29 is 4.39 Å². The zero-order chi connectivity index (χ0) is 10.9. The molecular formula is C13H16FN. The largest absolute Gasteiger partial charge is 0.315 e. The van der Waals surface area contributed by atoms with Gasteiger partial charge in [-0.1, -0.05) is 24.3 Å². The Kier molecular flexibility index (Phi) is 2.61. The van der Waals surface area contributed by atoms with Gasteiger partial charge in [-0.25, -0.2) is 4.39 Å². The molecule has 80 valence electrons. The summed E-state index contributed by atoms with van der Waals surface area (Å²) in [6.45, 7) is 7.38. The fourth-order valence-electron chi connectivity index (χ4n) is 2.26. The van der Waals surface area contributed by atoms with E-state index in [1.807, 2.05) is 18.2 Å². The SMILES string of the molecule is C=C[C@]1(c2cccc(C)c2F)CCNC1. The van der Waals surface area contributed by atoms with Crippen molar-refractivity contribution in [3.05, 3.63) is 47.8 Å². The summed E-state index contributed by atoms with van der Waals surface area (Å²) in [6.07, 6.45) is 2.81. The maximum atomic E-state index is 14.0. The average molecular weight is 205 g/mol. The van der Waals surface area contributed by atoms with Gasteiger partial charge in [-0.05, 0) is 31.0 Å². The highest BCUT2D eigenvalue weighted by atomic mass is 19.1. The third-order valence-corrected chi connectivity index (χ3v) is 3.31. The molecule has 1 aromatic carbocycles. The van der Waals surface area contributed by atoms with Crippen LogP contribution in [0.2, 0.25) is 0 Å². The maximum absolute atomic E-state index is 14.0. The molecule has 2 heteroatoms. The Labute approximate surface area is 90.0 Å². The van der Waals surface area contributed by atoms with Crippen molar-refractivity contribution in [3.8, 4) is 0 Å². The van der Waals surface area contributed by atoms with E-state index in [9.17, 15) is 4.39 Å². The lowest BCUT2D eigenvalue weighted by Gasteiger charge is -2.25. The standard InChI is InChI=1S/C13H16FN/c1-3-13(7-8-15-9-13)11-6-4-5-10(2)12(11)14/h3-6,15H,1,7-9H2,2H3/t13-/m0/s1. The van der Waals surface area contributed by atoms with Crippen molar-refractivity contribution in [2.45, 2.75) is 18.8 Å². The Morgan fingerprint density at radius 1 is 1.53 bits per heavy atom. The molecule has 1 heterocycles. The molecule has 0 spiro atoms. The second-order valence-electron chi connectivity index (χ2n) is 4.22. The van der Waals surface area contributed by atoms with Crippen molar-refractivity contribution in [2.24, 2.45) is 0 Å². The smallest absolute Gasteiger partial charge is 0.130 e. The minimum absolute atomic E-state index is 0.0823. The first-order chi connectivity index (χ1) is 7.19. The van der Waals surface area contributed by atoms with Crippen LogP contribution in [-0.2, 0) is 5.41 Å². The second-order valence-corrected chi connectivity index (χ2v) is 4.22. The summed E-state index contributed by atoms with van der Waals surface area (Å²) in [4.78, 5) is 0. The van der Waals surface area contributed by atoms with Crippen LogP contribution in [0.15, 0.2) is 30.9 Å². The lowest BCUT2D eigenvalue weighted by Crippen LogP contribution is -2.27. The highest BCUT2D eigenvalue weighted by Crippen LogP contribution is 2.34. The van der Waals surface area contributed by atoms with Crippen LogP contribution in [0, 0.1) is 12.7 Å². The predicted molar refractivity (Wildman–Crippen MR) is 60.5 cm³/mol. The molecule has 2 rings (SSSR count). The average Bonchev–Trinajstić information content (AvgIpc) is 2.72. The van der Waals surface area contributed by atoms with Crippen LogP contribution in [-0.4, -0.2) is 13.1 Å². The van der Waals surface area contributed by atoms with Gasteiger partial charge in [0, 0.05) is 12.0 Å². The number of hydrogen-bond donors (Lipinski definition) is 1. The summed E-state index contributed by atoms with van der Waals surface area (Å²) in [5.41, 5.74) is 1.28. The van der Waals surface area contributed by atoms with E-state index in [4.69, 9.17) is 0 Å². The van der Waals surface area contributed by atoms with Crippen molar-refractivity contribution >= 4 is 0 Å². The van der Waals surface area contributed by atoms with Crippen LogP contribution in [0.25, 0.3) is 0 Å². The molecule has 1 N–H and O–H groups in total. The van der Waals surface area contributed by atoms with E-state index < -0.39 is 0 Å². The third-order valence-electron chi connectivity index (χ3n) is 3.31. The summed E-state index contributed by atoms with van der Waals surface area (Å²) in [5, 5.41) is 3.27. The quantitative estimate of drug-likeness (QED) is 0.732. The second kappa shape index (κ2) is 3.78. The minimum Gasteiger partial charge on any atom is -0.315 e. The predicted octanol–water partition coefficient (Wildman–Crippen LogP) is 2.55. The Hall–Kier alpha value is -1.15. The summed E-state index contributed by atoms with van der Waals surface area (Å²) in [7, 11) is 0. The molecule has 0 aliphatic carbocycles. The van der Waals surface area contributed by atoms with Crippen LogP contribution in [0.1, 0.15) is 17.5 Å². The third kappa shape index (κ3) is 1.59.